The van der Waals surface area contributed by atoms with Crippen LogP contribution in [0, 0.1) is 0 Å². The Hall–Kier alpha value is -1.29. The molecule has 2 aliphatic heterocycles. The van der Waals surface area contributed by atoms with Crippen LogP contribution in [0.15, 0.2) is 24.0 Å². The number of hydrogen-bond acceptors (Lipinski definition) is 4. The fraction of sp³-hybridized carbons (Fsp3) is 0.167. The van der Waals surface area contributed by atoms with Crippen LogP contribution in [0.2, 0.25) is 0 Å². The van der Waals surface area contributed by atoms with Gasteiger partial charge in [-0.3, -0.25) is 4.79 Å². The summed E-state index contributed by atoms with van der Waals surface area (Å²) in [4.78, 5) is 15.8. The lowest BCUT2D eigenvalue weighted by Crippen LogP contribution is -2.27. The average Bonchev–Trinajstić information content (AvgIpc) is 2.36. The number of allylic oxidation sites excluding steroid dienone is 1. The average molecular weight is 138 g/mol. The molecule has 0 aromatic carbocycles. The highest BCUT2D eigenvalue weighted by Gasteiger charge is 2.23. The SMILES string of the molecule is O=C1C=CCN2ONC=C12. The van der Waals surface area contributed by atoms with Gasteiger partial charge in [0.1, 0.15) is 5.70 Å². The number of carbonyl (C=O) groups excluding carboxylic acids is 1. The molecule has 0 aromatic heterocycles. The molecule has 0 atom stereocenters. The summed E-state index contributed by atoms with van der Waals surface area (Å²) in [6, 6.07) is 0. The maximum Gasteiger partial charge on any atom is 0.205 e. The standard InChI is InChI=1S/C6H6N2O2/c9-6-2-1-3-8-5(6)4-7-10-8/h1-2,4,7H,3H2. The van der Waals surface area contributed by atoms with Crippen LogP contribution in [0.3, 0.4) is 0 Å². The molecule has 1 N–H and O–H groups in total. The molecule has 2 aliphatic rings. The second kappa shape index (κ2) is 1.85. The van der Waals surface area contributed by atoms with E-state index in [2.05, 4.69) is 5.48 Å². The van der Waals surface area contributed by atoms with Gasteiger partial charge in [0.2, 0.25) is 5.78 Å². The van der Waals surface area contributed by atoms with Gasteiger partial charge in [-0.15, -0.1) is 0 Å². The predicted molar refractivity (Wildman–Crippen MR) is 33.2 cm³/mol. The molecule has 0 aromatic rings. The molecule has 4 heteroatoms. The van der Waals surface area contributed by atoms with Crippen LogP contribution in [0.5, 0.6) is 0 Å². The molecule has 0 saturated carbocycles. The second-order valence-electron chi connectivity index (χ2n) is 2.07. The highest BCUT2D eigenvalue weighted by molar-refractivity contribution is 6.04. The zero-order valence-corrected chi connectivity index (χ0v) is 5.20. The summed E-state index contributed by atoms with van der Waals surface area (Å²) in [7, 11) is 0. The lowest BCUT2D eigenvalue weighted by molar-refractivity contribution is -0.151. The zero-order chi connectivity index (χ0) is 6.97. The van der Waals surface area contributed by atoms with Crippen molar-refractivity contribution in [1.82, 2.24) is 10.5 Å². The van der Waals surface area contributed by atoms with Gasteiger partial charge < -0.3 is 0 Å². The van der Waals surface area contributed by atoms with Gasteiger partial charge in [-0.2, -0.15) is 4.94 Å². The van der Waals surface area contributed by atoms with E-state index in [0.29, 0.717) is 12.2 Å². The fourth-order valence-corrected chi connectivity index (χ4v) is 0.937. The molecule has 0 fully saturated rings. The van der Waals surface area contributed by atoms with E-state index >= 15 is 0 Å². The van der Waals surface area contributed by atoms with Crippen molar-refractivity contribution in [3.8, 4) is 0 Å². The Balaban J connectivity index is 2.34. The summed E-state index contributed by atoms with van der Waals surface area (Å²) in [6.07, 6.45) is 4.84. The number of ketones is 1. The Bertz CT molecular complexity index is 232. The van der Waals surface area contributed by atoms with E-state index in [1.165, 1.54) is 5.06 Å². The molecule has 10 heavy (non-hydrogen) atoms. The largest absolute Gasteiger partial charge is 0.287 e. The van der Waals surface area contributed by atoms with E-state index in [1.807, 2.05) is 0 Å². The predicted octanol–water partition coefficient (Wildman–Crippen LogP) is -0.282. The third-order valence-corrected chi connectivity index (χ3v) is 1.42. The van der Waals surface area contributed by atoms with Crippen LogP contribution < -0.4 is 5.48 Å². The Labute approximate surface area is 57.7 Å². The van der Waals surface area contributed by atoms with Crippen molar-refractivity contribution in [2.45, 2.75) is 0 Å². The summed E-state index contributed by atoms with van der Waals surface area (Å²) in [5.41, 5.74) is 3.07. The minimum absolute atomic E-state index is 0.0174. The maximum atomic E-state index is 11.0. The highest BCUT2D eigenvalue weighted by atomic mass is 16.8. The van der Waals surface area contributed by atoms with Gasteiger partial charge >= 0.3 is 0 Å². The summed E-state index contributed by atoms with van der Waals surface area (Å²) < 4.78 is 0. The maximum absolute atomic E-state index is 11.0. The topological polar surface area (TPSA) is 41.6 Å². The highest BCUT2D eigenvalue weighted by Crippen LogP contribution is 2.14. The molecule has 4 nitrogen and oxygen atoms in total. The zero-order valence-electron chi connectivity index (χ0n) is 5.20. The van der Waals surface area contributed by atoms with Gasteiger partial charge in [-0.05, 0) is 6.08 Å². The second-order valence-corrected chi connectivity index (χ2v) is 2.07. The van der Waals surface area contributed by atoms with Gasteiger partial charge in [0.05, 0.1) is 12.7 Å². The third kappa shape index (κ3) is 0.625. The molecule has 0 amide bonds. The molecule has 0 aliphatic carbocycles. The number of fused-ring (bicyclic) bond motifs is 1. The molecule has 0 unspecified atom stereocenters. The van der Waals surface area contributed by atoms with E-state index in [-0.39, 0.29) is 5.78 Å². The van der Waals surface area contributed by atoms with E-state index in [1.54, 1.807) is 18.4 Å². The molecular weight excluding hydrogens is 132 g/mol. The number of hydrogen-bond donors (Lipinski definition) is 1. The van der Waals surface area contributed by atoms with Crippen LogP contribution in [0.4, 0.5) is 0 Å². The van der Waals surface area contributed by atoms with E-state index in [9.17, 15) is 4.79 Å². The fourth-order valence-electron chi connectivity index (χ4n) is 0.937. The van der Waals surface area contributed by atoms with Crippen molar-refractivity contribution in [2.75, 3.05) is 6.54 Å². The molecule has 2 rings (SSSR count). The van der Waals surface area contributed by atoms with Gasteiger partial charge in [-0.25, -0.2) is 10.5 Å². The number of hydroxylamine groups is 3. The van der Waals surface area contributed by atoms with Crippen molar-refractivity contribution in [3.63, 3.8) is 0 Å². The van der Waals surface area contributed by atoms with Gasteiger partial charge in [0.25, 0.3) is 0 Å². The van der Waals surface area contributed by atoms with Gasteiger partial charge in [-0.1, -0.05) is 6.08 Å². The minimum atomic E-state index is -0.0174. The van der Waals surface area contributed by atoms with Crippen LogP contribution in [0.25, 0.3) is 0 Å². The van der Waals surface area contributed by atoms with Crippen molar-refractivity contribution in [2.24, 2.45) is 0 Å². The smallest absolute Gasteiger partial charge is 0.205 e. The minimum Gasteiger partial charge on any atom is -0.287 e. The first kappa shape index (κ1) is 5.49. The Morgan fingerprint density at radius 3 is 3.40 bits per heavy atom. The first-order valence-electron chi connectivity index (χ1n) is 2.99. The Morgan fingerprint density at radius 1 is 1.70 bits per heavy atom. The number of carbonyl (C=O) groups is 1. The normalized spacial score (nSPS) is 22.2. The van der Waals surface area contributed by atoms with E-state index in [0.717, 1.165) is 0 Å². The first-order chi connectivity index (χ1) is 4.88. The lowest BCUT2D eigenvalue weighted by Gasteiger charge is -2.17. The van der Waals surface area contributed by atoms with Crippen molar-refractivity contribution >= 4 is 5.78 Å². The molecular formula is C6H6N2O2. The van der Waals surface area contributed by atoms with Crippen molar-refractivity contribution in [1.29, 1.82) is 0 Å². The molecule has 52 valence electrons. The van der Waals surface area contributed by atoms with Crippen molar-refractivity contribution < 1.29 is 9.73 Å². The molecule has 0 bridgehead atoms. The lowest BCUT2D eigenvalue weighted by atomic mass is 10.2. The molecule has 2 heterocycles. The number of nitrogens with one attached hydrogen (secondary N) is 1. The summed E-state index contributed by atoms with van der Waals surface area (Å²) in [5, 5.41) is 1.50. The van der Waals surface area contributed by atoms with E-state index < -0.39 is 0 Å². The summed E-state index contributed by atoms with van der Waals surface area (Å²) in [5.74, 6) is -0.0174. The molecule has 0 saturated heterocycles. The van der Waals surface area contributed by atoms with Crippen LogP contribution >= 0.6 is 0 Å². The van der Waals surface area contributed by atoms with Crippen LogP contribution in [-0.2, 0) is 9.73 Å². The summed E-state index contributed by atoms with van der Waals surface area (Å²) >= 11 is 0. The monoisotopic (exact) mass is 138 g/mol. The van der Waals surface area contributed by atoms with Gasteiger partial charge in [0.15, 0.2) is 0 Å². The summed E-state index contributed by atoms with van der Waals surface area (Å²) in [6.45, 7) is 0.630. The van der Waals surface area contributed by atoms with Gasteiger partial charge in [0, 0.05) is 0 Å². The Morgan fingerprint density at radius 2 is 2.60 bits per heavy atom. The number of nitrogens with zero attached hydrogens (tertiary/aromatic N) is 1. The Kier molecular flexibility index (Phi) is 1.01. The van der Waals surface area contributed by atoms with Crippen LogP contribution in [0.1, 0.15) is 0 Å². The third-order valence-electron chi connectivity index (χ3n) is 1.42. The molecule has 0 radical (unpaired) electrons. The first-order valence-corrected chi connectivity index (χ1v) is 2.99. The van der Waals surface area contributed by atoms with Crippen LogP contribution in [-0.4, -0.2) is 17.4 Å². The quantitative estimate of drug-likeness (QED) is 0.499. The van der Waals surface area contributed by atoms with Crippen molar-refractivity contribution in [3.05, 3.63) is 24.0 Å². The molecule has 0 spiro atoms. The number of rotatable bonds is 0. The van der Waals surface area contributed by atoms with E-state index in [4.69, 9.17) is 4.94 Å².